The minimum absolute atomic E-state index is 0.0842. The summed E-state index contributed by atoms with van der Waals surface area (Å²) < 4.78 is 82.6. The van der Waals surface area contributed by atoms with Crippen molar-refractivity contribution in [2.45, 2.75) is 39.5 Å². The van der Waals surface area contributed by atoms with Crippen LogP contribution in [-0.4, -0.2) is 19.8 Å². The Balaban J connectivity index is 3.47. The number of para-hydroxylation sites is 1. The van der Waals surface area contributed by atoms with Crippen molar-refractivity contribution in [3.05, 3.63) is 23.8 Å². The van der Waals surface area contributed by atoms with E-state index in [1.54, 1.807) is 20.8 Å². The molecule has 0 spiro atoms. The molecule has 23 heavy (non-hydrogen) atoms. The molecule has 1 N–H and O–H groups in total. The minimum Gasteiger partial charge on any atom is -0.402 e. The zero-order valence-electron chi connectivity index (χ0n) is 12.9. The van der Waals surface area contributed by atoms with Gasteiger partial charge in [0, 0.05) is 11.6 Å². The van der Waals surface area contributed by atoms with E-state index in [-0.39, 0.29) is 5.56 Å². The van der Waals surface area contributed by atoms with Crippen LogP contribution in [0.1, 0.15) is 32.4 Å². The largest absolute Gasteiger partial charge is 0.573 e. The van der Waals surface area contributed by atoms with E-state index in [1.165, 1.54) is 19.2 Å². The third kappa shape index (κ3) is 5.81. The second-order valence-corrected chi connectivity index (χ2v) is 5.86. The predicted octanol–water partition coefficient (Wildman–Crippen LogP) is 4.79. The van der Waals surface area contributed by atoms with E-state index in [1.807, 2.05) is 0 Å². The molecular formula is C14H17F6NO2. The summed E-state index contributed by atoms with van der Waals surface area (Å²) in [7, 11) is 1.49. The van der Waals surface area contributed by atoms with Crippen molar-refractivity contribution in [1.29, 1.82) is 0 Å². The van der Waals surface area contributed by atoms with E-state index in [0.29, 0.717) is 0 Å². The zero-order chi connectivity index (χ0) is 18.1. The molecule has 0 aliphatic heterocycles. The van der Waals surface area contributed by atoms with Gasteiger partial charge in [0.1, 0.15) is 0 Å². The average molecular weight is 345 g/mol. The molecule has 0 saturated heterocycles. The Labute approximate surface area is 129 Å². The van der Waals surface area contributed by atoms with Crippen LogP contribution in [0.2, 0.25) is 0 Å². The minimum atomic E-state index is -5.16. The molecule has 0 amide bonds. The summed E-state index contributed by atoms with van der Waals surface area (Å²) in [6.45, 7) is 5.18. The monoisotopic (exact) mass is 345 g/mol. The van der Waals surface area contributed by atoms with E-state index in [4.69, 9.17) is 0 Å². The van der Waals surface area contributed by atoms with Crippen LogP contribution in [-0.2, 0) is 0 Å². The highest BCUT2D eigenvalue weighted by atomic mass is 19.4. The van der Waals surface area contributed by atoms with Crippen molar-refractivity contribution in [3.8, 4) is 11.5 Å². The molecule has 1 rings (SSSR count). The molecule has 1 atom stereocenters. The van der Waals surface area contributed by atoms with Gasteiger partial charge in [-0.3, -0.25) is 0 Å². The maximum atomic E-state index is 12.6. The molecule has 0 radical (unpaired) electrons. The van der Waals surface area contributed by atoms with Gasteiger partial charge in [-0.15, -0.1) is 26.3 Å². The highest BCUT2D eigenvalue weighted by Crippen LogP contribution is 2.44. The van der Waals surface area contributed by atoms with E-state index in [0.717, 1.165) is 6.07 Å². The second kappa shape index (κ2) is 6.46. The van der Waals surface area contributed by atoms with Crippen molar-refractivity contribution in [2.24, 2.45) is 5.41 Å². The standard InChI is InChI=1S/C14H17F6NO2/c1-12(2,3)11(21-4)8-6-5-7-9(22-13(15,16)17)10(8)23-14(18,19)20/h5-7,11,21H,1-4H3. The first-order valence-electron chi connectivity index (χ1n) is 6.56. The summed E-state index contributed by atoms with van der Waals surface area (Å²) >= 11 is 0. The molecule has 0 aliphatic rings. The SMILES string of the molecule is CNC(c1cccc(OC(F)(F)F)c1OC(F)(F)F)C(C)(C)C. The fraction of sp³-hybridized carbons (Fsp3) is 0.571. The maximum Gasteiger partial charge on any atom is 0.573 e. The van der Waals surface area contributed by atoms with Gasteiger partial charge in [0.05, 0.1) is 0 Å². The molecule has 1 aromatic rings. The van der Waals surface area contributed by atoms with Gasteiger partial charge in [-0.2, -0.15) is 0 Å². The Morgan fingerprint density at radius 3 is 1.83 bits per heavy atom. The van der Waals surface area contributed by atoms with Crippen molar-refractivity contribution in [2.75, 3.05) is 7.05 Å². The molecule has 0 fully saturated rings. The van der Waals surface area contributed by atoms with Gasteiger partial charge in [-0.25, -0.2) is 0 Å². The van der Waals surface area contributed by atoms with E-state index < -0.39 is 35.7 Å². The van der Waals surface area contributed by atoms with Gasteiger partial charge in [0.15, 0.2) is 11.5 Å². The quantitative estimate of drug-likeness (QED) is 0.796. The molecule has 0 bridgehead atoms. The van der Waals surface area contributed by atoms with Crippen molar-refractivity contribution in [3.63, 3.8) is 0 Å². The van der Waals surface area contributed by atoms with Crippen LogP contribution in [0, 0.1) is 5.41 Å². The van der Waals surface area contributed by atoms with E-state index >= 15 is 0 Å². The first-order chi connectivity index (χ1) is 10.2. The lowest BCUT2D eigenvalue weighted by molar-refractivity contribution is -0.287. The third-order valence-electron chi connectivity index (χ3n) is 2.92. The van der Waals surface area contributed by atoms with Crippen molar-refractivity contribution < 1.29 is 35.8 Å². The maximum absolute atomic E-state index is 12.6. The zero-order valence-corrected chi connectivity index (χ0v) is 12.9. The van der Waals surface area contributed by atoms with Crippen LogP contribution in [0.15, 0.2) is 18.2 Å². The van der Waals surface area contributed by atoms with Crippen molar-refractivity contribution in [1.82, 2.24) is 5.32 Å². The Morgan fingerprint density at radius 2 is 1.43 bits per heavy atom. The van der Waals surface area contributed by atoms with E-state index in [9.17, 15) is 26.3 Å². The Bertz CT molecular complexity index is 534. The Morgan fingerprint density at radius 1 is 0.913 bits per heavy atom. The first-order valence-corrected chi connectivity index (χ1v) is 6.56. The number of benzene rings is 1. The Hall–Kier alpha value is -1.64. The average Bonchev–Trinajstić information content (AvgIpc) is 2.28. The molecule has 1 unspecified atom stereocenters. The number of rotatable bonds is 4. The molecule has 3 nitrogen and oxygen atoms in total. The summed E-state index contributed by atoms with van der Waals surface area (Å²) in [4.78, 5) is 0. The van der Waals surface area contributed by atoms with Gasteiger partial charge in [-0.1, -0.05) is 32.9 Å². The van der Waals surface area contributed by atoms with Gasteiger partial charge < -0.3 is 14.8 Å². The second-order valence-electron chi connectivity index (χ2n) is 5.86. The van der Waals surface area contributed by atoms with Gasteiger partial charge in [-0.05, 0) is 18.5 Å². The fourth-order valence-corrected chi connectivity index (χ4v) is 2.25. The number of hydrogen-bond donors (Lipinski definition) is 1. The fourth-order valence-electron chi connectivity index (χ4n) is 2.25. The molecule has 132 valence electrons. The highest BCUT2D eigenvalue weighted by Gasteiger charge is 2.39. The lowest BCUT2D eigenvalue weighted by Crippen LogP contribution is -2.31. The van der Waals surface area contributed by atoms with Gasteiger partial charge in [0.2, 0.25) is 0 Å². The van der Waals surface area contributed by atoms with E-state index in [2.05, 4.69) is 14.8 Å². The predicted molar refractivity (Wildman–Crippen MR) is 71.1 cm³/mol. The number of halogens is 6. The lowest BCUT2D eigenvalue weighted by atomic mass is 9.82. The Kier molecular flexibility index (Phi) is 5.45. The van der Waals surface area contributed by atoms with Crippen LogP contribution in [0.3, 0.4) is 0 Å². The van der Waals surface area contributed by atoms with Gasteiger partial charge >= 0.3 is 12.7 Å². The summed E-state index contributed by atoms with van der Waals surface area (Å²) in [5, 5.41) is 2.79. The normalized spacial score (nSPS) is 14.5. The smallest absolute Gasteiger partial charge is 0.402 e. The summed E-state index contributed by atoms with van der Waals surface area (Å²) in [5.74, 6) is -2.05. The molecular weight excluding hydrogens is 328 g/mol. The number of hydrogen-bond acceptors (Lipinski definition) is 3. The third-order valence-corrected chi connectivity index (χ3v) is 2.92. The lowest BCUT2D eigenvalue weighted by Gasteiger charge is -2.32. The first kappa shape index (κ1) is 19.4. The number of ether oxygens (including phenoxy) is 2. The molecule has 0 aliphatic carbocycles. The number of nitrogens with one attached hydrogen (secondary N) is 1. The molecule has 0 heterocycles. The molecule has 9 heteroatoms. The molecule has 0 aromatic heterocycles. The van der Waals surface area contributed by atoms with Crippen LogP contribution >= 0.6 is 0 Å². The molecule has 1 aromatic carbocycles. The van der Waals surface area contributed by atoms with Gasteiger partial charge in [0.25, 0.3) is 0 Å². The van der Waals surface area contributed by atoms with Crippen LogP contribution < -0.4 is 14.8 Å². The summed E-state index contributed by atoms with van der Waals surface area (Å²) in [6.07, 6.45) is -10.3. The highest BCUT2D eigenvalue weighted by molar-refractivity contribution is 5.49. The molecule has 0 saturated carbocycles. The number of alkyl halides is 6. The topological polar surface area (TPSA) is 30.5 Å². The van der Waals surface area contributed by atoms with Crippen LogP contribution in [0.4, 0.5) is 26.3 Å². The van der Waals surface area contributed by atoms with Crippen LogP contribution in [0.5, 0.6) is 11.5 Å². The summed E-state index contributed by atoms with van der Waals surface area (Å²) in [6, 6.07) is 2.51. The van der Waals surface area contributed by atoms with Crippen molar-refractivity contribution >= 4 is 0 Å². The van der Waals surface area contributed by atoms with Crippen LogP contribution in [0.25, 0.3) is 0 Å². The summed E-state index contributed by atoms with van der Waals surface area (Å²) in [5.41, 5.74) is -0.672.